The minimum atomic E-state index is -1.35. The number of anilines is 2. The number of nitrogens with one attached hydrogen (secondary N) is 3. The van der Waals surface area contributed by atoms with Crippen molar-refractivity contribution in [3.05, 3.63) is 38.9 Å². The molecule has 35 heavy (non-hydrogen) atoms. The molecule has 1 saturated heterocycles. The molecule has 1 aliphatic heterocycles. The quantitative estimate of drug-likeness (QED) is 0.283. The zero-order valence-electron chi connectivity index (χ0n) is 18.5. The molecule has 0 spiro atoms. The molecule has 186 valence electrons. The molecule has 0 amide bonds. The fourth-order valence-corrected chi connectivity index (χ4v) is 4.87. The summed E-state index contributed by atoms with van der Waals surface area (Å²) < 4.78 is 17.0. The molecule has 1 aliphatic carbocycles. The molecule has 2 unspecified atom stereocenters. The highest BCUT2D eigenvalue weighted by Crippen LogP contribution is 2.42. The summed E-state index contributed by atoms with van der Waals surface area (Å²) in [6.07, 6.45) is 2.97. The molecular weight excluding hydrogens is 483 g/mol. The number of benzene rings is 1. The molecule has 3 aromatic rings. The van der Waals surface area contributed by atoms with Gasteiger partial charge in [-0.05, 0) is 30.5 Å². The maximum Gasteiger partial charge on any atom is 0.341 e. The molecule has 3 heterocycles. The maximum atomic E-state index is 15.3. The van der Waals surface area contributed by atoms with Gasteiger partial charge in [0, 0.05) is 44.5 Å². The summed E-state index contributed by atoms with van der Waals surface area (Å²) in [5, 5.41) is 39.1. The number of hydrogen-bond donors (Lipinski definition) is 5. The molecule has 5 N–H and O–H groups in total. The SMILES string of the molecule is O=C(O)c1cn(C2CC2)c2c(Cl)c(N3CCC(NCC(O)CNc4nn[nH]n4)C3)c(F)cc2c1=O. The largest absolute Gasteiger partial charge is 0.477 e. The van der Waals surface area contributed by atoms with Crippen molar-refractivity contribution >= 4 is 40.1 Å². The van der Waals surface area contributed by atoms with Crippen LogP contribution in [0.5, 0.6) is 0 Å². The number of pyridine rings is 1. The second-order valence-electron chi connectivity index (χ2n) is 8.84. The molecular formula is C21H24ClFN8O4. The zero-order chi connectivity index (χ0) is 24.7. The Hall–Kier alpha value is -3.29. The van der Waals surface area contributed by atoms with Crippen LogP contribution in [0.25, 0.3) is 10.9 Å². The monoisotopic (exact) mass is 506 g/mol. The first-order valence-electron chi connectivity index (χ1n) is 11.3. The number of fused-ring (bicyclic) bond motifs is 1. The molecule has 1 saturated carbocycles. The van der Waals surface area contributed by atoms with Gasteiger partial charge in [0.05, 0.1) is 27.7 Å². The smallest absolute Gasteiger partial charge is 0.341 e. The molecule has 2 aliphatic rings. The van der Waals surface area contributed by atoms with Gasteiger partial charge in [0.2, 0.25) is 5.43 Å². The van der Waals surface area contributed by atoms with Crippen molar-refractivity contribution in [3.63, 3.8) is 0 Å². The van der Waals surface area contributed by atoms with E-state index in [1.54, 1.807) is 4.57 Å². The van der Waals surface area contributed by atoms with Gasteiger partial charge in [0.1, 0.15) is 11.4 Å². The molecule has 12 nitrogen and oxygen atoms in total. The predicted molar refractivity (Wildman–Crippen MR) is 126 cm³/mol. The van der Waals surface area contributed by atoms with E-state index in [1.807, 2.05) is 4.90 Å². The fraction of sp³-hybridized carbons (Fsp3) is 0.476. The van der Waals surface area contributed by atoms with Gasteiger partial charge in [0.15, 0.2) is 0 Å². The number of carboxylic acids is 1. The van der Waals surface area contributed by atoms with Gasteiger partial charge in [-0.25, -0.2) is 9.18 Å². The van der Waals surface area contributed by atoms with Crippen molar-refractivity contribution in [1.29, 1.82) is 0 Å². The molecule has 5 rings (SSSR count). The lowest BCUT2D eigenvalue weighted by atomic mass is 10.1. The number of halogens is 2. The summed E-state index contributed by atoms with van der Waals surface area (Å²) in [6, 6.07) is 1.11. The lowest BCUT2D eigenvalue weighted by Crippen LogP contribution is -2.40. The van der Waals surface area contributed by atoms with Crippen LogP contribution in [0.2, 0.25) is 5.02 Å². The normalized spacial score (nSPS) is 18.8. The molecule has 0 bridgehead atoms. The standard InChI is InChI=1S/C21H24ClFN8O4/c22-16-17-13(19(33)14(20(34)35)9-31(17)11-1-2-11)5-15(23)18(16)30-4-3-10(8-30)24-6-12(32)7-25-21-26-28-29-27-21/h5,9-12,24,32H,1-4,6-8H2,(H,34,35)(H2,25,26,27,28,29). The third-order valence-electron chi connectivity index (χ3n) is 6.34. The Labute approximate surface area is 203 Å². The highest BCUT2D eigenvalue weighted by molar-refractivity contribution is 6.38. The fourth-order valence-electron chi connectivity index (χ4n) is 4.47. The summed E-state index contributed by atoms with van der Waals surface area (Å²) in [4.78, 5) is 26.1. The number of hydrogen-bond acceptors (Lipinski definition) is 9. The van der Waals surface area contributed by atoms with Crippen molar-refractivity contribution in [1.82, 2.24) is 30.5 Å². The molecule has 2 atom stereocenters. The van der Waals surface area contributed by atoms with Crippen molar-refractivity contribution in [2.24, 2.45) is 0 Å². The zero-order valence-corrected chi connectivity index (χ0v) is 19.3. The topological polar surface area (TPSA) is 161 Å². The van der Waals surface area contributed by atoms with E-state index < -0.39 is 28.9 Å². The van der Waals surface area contributed by atoms with E-state index in [2.05, 4.69) is 31.3 Å². The maximum absolute atomic E-state index is 15.3. The third kappa shape index (κ3) is 4.66. The number of tetrazole rings is 1. The summed E-state index contributed by atoms with van der Waals surface area (Å²) in [5.74, 6) is -1.73. The van der Waals surface area contributed by atoms with Gasteiger partial charge < -0.3 is 30.3 Å². The highest BCUT2D eigenvalue weighted by atomic mass is 35.5. The lowest BCUT2D eigenvalue weighted by molar-refractivity contribution is 0.0694. The average Bonchev–Trinajstić information content (AvgIpc) is 3.33. The van der Waals surface area contributed by atoms with Crippen molar-refractivity contribution < 1.29 is 19.4 Å². The van der Waals surface area contributed by atoms with Gasteiger partial charge >= 0.3 is 5.97 Å². The number of carbonyl (C=O) groups is 1. The number of nitrogens with zero attached hydrogens (tertiary/aromatic N) is 5. The van der Waals surface area contributed by atoms with Gasteiger partial charge in [-0.1, -0.05) is 16.7 Å². The van der Waals surface area contributed by atoms with Gasteiger partial charge in [0.25, 0.3) is 5.95 Å². The Morgan fingerprint density at radius 1 is 1.34 bits per heavy atom. The lowest BCUT2D eigenvalue weighted by Gasteiger charge is -2.24. The van der Waals surface area contributed by atoms with Crippen molar-refractivity contribution in [2.75, 3.05) is 36.4 Å². The van der Waals surface area contributed by atoms with Crippen LogP contribution in [-0.2, 0) is 0 Å². The number of aromatic nitrogens is 5. The number of aromatic carboxylic acids is 1. The van der Waals surface area contributed by atoms with Crippen molar-refractivity contribution in [3.8, 4) is 0 Å². The van der Waals surface area contributed by atoms with Crippen LogP contribution in [0, 0.1) is 5.82 Å². The number of carboxylic acid groups (broad SMARTS) is 1. The van der Waals surface area contributed by atoms with Crippen molar-refractivity contribution in [2.45, 2.75) is 37.5 Å². The van der Waals surface area contributed by atoms with E-state index in [0.717, 1.165) is 18.9 Å². The van der Waals surface area contributed by atoms with Crippen LogP contribution < -0.4 is 21.0 Å². The molecule has 14 heteroatoms. The third-order valence-corrected chi connectivity index (χ3v) is 6.70. The first kappa shape index (κ1) is 23.5. The minimum Gasteiger partial charge on any atom is -0.477 e. The van der Waals surface area contributed by atoms with Crippen LogP contribution >= 0.6 is 11.6 Å². The predicted octanol–water partition coefficient (Wildman–Crippen LogP) is 0.981. The van der Waals surface area contributed by atoms with Gasteiger partial charge in [-0.15, -0.1) is 5.10 Å². The van der Waals surface area contributed by atoms with Crippen LogP contribution in [0.4, 0.5) is 16.0 Å². The molecule has 2 fully saturated rings. The molecule has 2 aromatic heterocycles. The Kier molecular flexibility index (Phi) is 6.30. The Morgan fingerprint density at radius 2 is 2.14 bits per heavy atom. The summed E-state index contributed by atoms with van der Waals surface area (Å²) >= 11 is 6.70. The van der Waals surface area contributed by atoms with Crippen LogP contribution in [0.15, 0.2) is 17.1 Å². The van der Waals surface area contributed by atoms with E-state index in [1.165, 1.54) is 6.20 Å². The minimum absolute atomic E-state index is 0.0130. The number of aliphatic hydroxyl groups excluding tert-OH is 1. The number of aliphatic hydroxyl groups is 1. The van der Waals surface area contributed by atoms with E-state index in [-0.39, 0.29) is 40.7 Å². The summed E-state index contributed by atoms with van der Waals surface area (Å²) in [5.41, 5.74) is -0.592. The number of rotatable bonds is 9. The number of H-pyrrole nitrogens is 1. The van der Waals surface area contributed by atoms with Gasteiger partial charge in [-0.2, -0.15) is 5.21 Å². The van der Waals surface area contributed by atoms with E-state index in [9.17, 15) is 19.8 Å². The van der Waals surface area contributed by atoms with E-state index >= 15 is 4.39 Å². The Balaban J connectivity index is 1.34. The van der Waals surface area contributed by atoms with E-state index in [4.69, 9.17) is 11.6 Å². The molecule has 0 radical (unpaired) electrons. The Bertz CT molecular complexity index is 1310. The average molecular weight is 507 g/mol. The summed E-state index contributed by atoms with van der Waals surface area (Å²) in [6.45, 7) is 1.51. The molecule has 1 aromatic carbocycles. The number of aromatic amines is 1. The van der Waals surface area contributed by atoms with Gasteiger partial charge in [-0.3, -0.25) is 4.79 Å². The first-order chi connectivity index (χ1) is 16.8. The first-order valence-corrected chi connectivity index (χ1v) is 11.6. The van der Waals surface area contributed by atoms with Crippen LogP contribution in [0.1, 0.15) is 35.7 Å². The van der Waals surface area contributed by atoms with Crippen LogP contribution in [0.3, 0.4) is 0 Å². The second kappa shape index (κ2) is 9.40. The summed E-state index contributed by atoms with van der Waals surface area (Å²) in [7, 11) is 0. The highest BCUT2D eigenvalue weighted by Gasteiger charge is 2.32. The Morgan fingerprint density at radius 3 is 2.83 bits per heavy atom. The van der Waals surface area contributed by atoms with E-state index in [0.29, 0.717) is 31.6 Å². The van der Waals surface area contributed by atoms with Crippen LogP contribution in [-0.4, -0.2) is 79.7 Å². The second-order valence-corrected chi connectivity index (χ2v) is 9.22.